The monoisotopic (exact) mass is 367 g/mol. The Morgan fingerprint density at radius 1 is 1.26 bits per heavy atom. The molecule has 0 fully saturated rings. The van der Waals surface area contributed by atoms with Crippen LogP contribution in [0, 0.1) is 5.92 Å². The number of aryl methyl sites for hydroxylation is 2. The number of oxime groups is 1. The Hall–Kier alpha value is -2.63. The first-order valence-corrected chi connectivity index (χ1v) is 9.78. The molecule has 2 heterocycles. The standard InChI is InChI=1S/C21H29N5O/c1-4-8-18-24-19-20(16-10-5-6-11-17(16)23-21(19)22)26(18)12-7-9-15(25-27)13-14(2)3/h5-6,10-11,14,27H,4,7-9,12-13H2,1-3H3,(H2,22,23)/b25-15-. The third-order valence-electron chi connectivity index (χ3n) is 4.80. The van der Waals surface area contributed by atoms with Crippen LogP contribution in [0.15, 0.2) is 29.4 Å². The van der Waals surface area contributed by atoms with E-state index < -0.39 is 0 Å². The van der Waals surface area contributed by atoms with Gasteiger partial charge in [0, 0.05) is 18.4 Å². The van der Waals surface area contributed by atoms with Gasteiger partial charge in [0.2, 0.25) is 0 Å². The van der Waals surface area contributed by atoms with Gasteiger partial charge in [-0.15, -0.1) is 0 Å². The van der Waals surface area contributed by atoms with Gasteiger partial charge in [0.1, 0.15) is 11.3 Å². The average Bonchev–Trinajstić information content (AvgIpc) is 3.00. The lowest BCUT2D eigenvalue weighted by Crippen LogP contribution is -2.08. The van der Waals surface area contributed by atoms with Crippen LogP contribution >= 0.6 is 0 Å². The molecule has 0 bridgehead atoms. The van der Waals surface area contributed by atoms with Crippen molar-refractivity contribution in [3.63, 3.8) is 0 Å². The zero-order valence-corrected chi connectivity index (χ0v) is 16.4. The summed E-state index contributed by atoms with van der Waals surface area (Å²) in [5.74, 6) is 2.01. The van der Waals surface area contributed by atoms with Crippen molar-refractivity contribution in [2.75, 3.05) is 5.73 Å². The van der Waals surface area contributed by atoms with Crippen LogP contribution < -0.4 is 5.73 Å². The number of rotatable bonds is 8. The molecule has 0 unspecified atom stereocenters. The van der Waals surface area contributed by atoms with Crippen LogP contribution in [0.1, 0.15) is 52.3 Å². The van der Waals surface area contributed by atoms with Crippen LogP contribution in [0.3, 0.4) is 0 Å². The molecule has 0 aliphatic carbocycles. The third kappa shape index (κ3) is 4.04. The second-order valence-electron chi connectivity index (χ2n) is 7.51. The van der Waals surface area contributed by atoms with Crippen molar-refractivity contribution in [1.82, 2.24) is 14.5 Å². The number of para-hydroxylation sites is 1. The van der Waals surface area contributed by atoms with Crippen LogP contribution in [0.4, 0.5) is 5.82 Å². The van der Waals surface area contributed by atoms with E-state index in [1.54, 1.807) is 0 Å². The fourth-order valence-corrected chi connectivity index (χ4v) is 3.67. The molecule has 6 heteroatoms. The number of nitrogens with zero attached hydrogens (tertiary/aromatic N) is 4. The van der Waals surface area contributed by atoms with Crippen LogP contribution in [-0.2, 0) is 13.0 Å². The van der Waals surface area contributed by atoms with Crippen LogP contribution in [0.5, 0.6) is 0 Å². The van der Waals surface area contributed by atoms with Gasteiger partial charge in [0.25, 0.3) is 0 Å². The number of nitrogens with two attached hydrogens (primary N) is 1. The Bertz CT molecular complexity index is 958. The largest absolute Gasteiger partial charge is 0.411 e. The minimum atomic E-state index is 0.482. The number of imidazole rings is 1. The highest BCUT2D eigenvalue weighted by atomic mass is 16.4. The minimum absolute atomic E-state index is 0.482. The predicted molar refractivity (Wildman–Crippen MR) is 111 cm³/mol. The van der Waals surface area contributed by atoms with Crippen molar-refractivity contribution in [3.05, 3.63) is 30.1 Å². The summed E-state index contributed by atoms with van der Waals surface area (Å²) in [5, 5.41) is 13.8. The first kappa shape index (κ1) is 19.1. The fourth-order valence-electron chi connectivity index (χ4n) is 3.67. The van der Waals surface area contributed by atoms with Crippen molar-refractivity contribution in [1.29, 1.82) is 0 Å². The van der Waals surface area contributed by atoms with Crippen LogP contribution in [-0.4, -0.2) is 25.5 Å². The van der Waals surface area contributed by atoms with Gasteiger partial charge in [-0.25, -0.2) is 9.97 Å². The van der Waals surface area contributed by atoms with Gasteiger partial charge in [-0.3, -0.25) is 0 Å². The van der Waals surface area contributed by atoms with E-state index in [0.29, 0.717) is 11.7 Å². The van der Waals surface area contributed by atoms with Crippen molar-refractivity contribution < 1.29 is 5.21 Å². The van der Waals surface area contributed by atoms with Gasteiger partial charge in [0.05, 0.1) is 16.7 Å². The summed E-state index contributed by atoms with van der Waals surface area (Å²) >= 11 is 0. The summed E-state index contributed by atoms with van der Waals surface area (Å²) in [6.07, 6.45) is 4.41. The molecule has 0 spiro atoms. The van der Waals surface area contributed by atoms with Crippen molar-refractivity contribution in [2.24, 2.45) is 11.1 Å². The third-order valence-corrected chi connectivity index (χ3v) is 4.80. The number of fused-ring (bicyclic) bond motifs is 3. The molecule has 27 heavy (non-hydrogen) atoms. The summed E-state index contributed by atoms with van der Waals surface area (Å²) in [7, 11) is 0. The normalized spacial score (nSPS) is 12.5. The lowest BCUT2D eigenvalue weighted by molar-refractivity contribution is 0.314. The molecule has 3 aromatic rings. The second-order valence-corrected chi connectivity index (χ2v) is 7.51. The molecule has 0 aliphatic heterocycles. The van der Waals surface area contributed by atoms with Gasteiger partial charge in [0.15, 0.2) is 5.82 Å². The van der Waals surface area contributed by atoms with Crippen molar-refractivity contribution >= 4 is 33.5 Å². The Balaban J connectivity index is 1.98. The fraction of sp³-hybridized carbons (Fsp3) is 0.476. The maximum absolute atomic E-state index is 9.26. The molecule has 0 radical (unpaired) electrons. The van der Waals surface area contributed by atoms with E-state index in [1.165, 1.54) is 0 Å². The van der Waals surface area contributed by atoms with Gasteiger partial charge in [-0.1, -0.05) is 44.1 Å². The number of nitrogen functional groups attached to an aromatic ring is 1. The van der Waals surface area contributed by atoms with Gasteiger partial charge in [-0.05, 0) is 37.7 Å². The predicted octanol–water partition coefficient (Wildman–Crippen LogP) is 4.78. The van der Waals surface area contributed by atoms with Crippen molar-refractivity contribution in [3.8, 4) is 0 Å². The van der Waals surface area contributed by atoms with Crippen LogP contribution in [0.2, 0.25) is 0 Å². The molecular formula is C21H29N5O. The second kappa shape index (κ2) is 8.37. The molecule has 2 aromatic heterocycles. The number of hydrogen-bond donors (Lipinski definition) is 2. The first-order chi connectivity index (χ1) is 13.0. The molecule has 144 valence electrons. The number of pyridine rings is 1. The number of anilines is 1. The molecule has 0 atom stereocenters. The minimum Gasteiger partial charge on any atom is -0.411 e. The van der Waals surface area contributed by atoms with E-state index in [1.807, 2.05) is 18.2 Å². The van der Waals surface area contributed by atoms with E-state index in [0.717, 1.165) is 72.1 Å². The zero-order chi connectivity index (χ0) is 19.4. The van der Waals surface area contributed by atoms with E-state index in [-0.39, 0.29) is 0 Å². The smallest absolute Gasteiger partial charge is 0.152 e. The molecule has 0 saturated heterocycles. The van der Waals surface area contributed by atoms with Gasteiger partial charge >= 0.3 is 0 Å². The van der Waals surface area contributed by atoms with E-state index >= 15 is 0 Å². The zero-order valence-electron chi connectivity index (χ0n) is 16.4. The summed E-state index contributed by atoms with van der Waals surface area (Å²) in [6.45, 7) is 7.24. The van der Waals surface area contributed by atoms with Crippen molar-refractivity contribution in [2.45, 2.75) is 59.4 Å². The highest BCUT2D eigenvalue weighted by Crippen LogP contribution is 2.29. The Kier molecular flexibility index (Phi) is 5.94. The van der Waals surface area contributed by atoms with E-state index in [2.05, 4.69) is 41.5 Å². The Morgan fingerprint density at radius 2 is 2.04 bits per heavy atom. The van der Waals surface area contributed by atoms with Crippen LogP contribution in [0.25, 0.3) is 21.9 Å². The molecule has 1 aromatic carbocycles. The molecule has 3 N–H and O–H groups in total. The Morgan fingerprint density at radius 3 is 2.74 bits per heavy atom. The maximum atomic E-state index is 9.26. The summed E-state index contributed by atoms with van der Waals surface area (Å²) in [6, 6.07) is 8.07. The lowest BCUT2D eigenvalue weighted by Gasteiger charge is -2.12. The highest BCUT2D eigenvalue weighted by Gasteiger charge is 2.17. The molecular weight excluding hydrogens is 338 g/mol. The number of benzene rings is 1. The topological polar surface area (TPSA) is 89.3 Å². The quantitative estimate of drug-likeness (QED) is 0.341. The molecule has 3 rings (SSSR count). The summed E-state index contributed by atoms with van der Waals surface area (Å²) in [5.41, 5.74) is 9.82. The SMILES string of the molecule is CCCc1nc2c(N)nc3ccccc3c2n1CCC/C(CC(C)C)=N/O. The van der Waals surface area contributed by atoms with Gasteiger partial charge in [-0.2, -0.15) is 0 Å². The number of aromatic nitrogens is 3. The van der Waals surface area contributed by atoms with E-state index in [4.69, 9.17) is 10.7 Å². The molecule has 0 aliphatic rings. The highest BCUT2D eigenvalue weighted by molar-refractivity contribution is 6.06. The molecule has 0 amide bonds. The molecule has 6 nitrogen and oxygen atoms in total. The van der Waals surface area contributed by atoms with E-state index in [9.17, 15) is 5.21 Å². The first-order valence-electron chi connectivity index (χ1n) is 9.78. The number of hydrogen-bond acceptors (Lipinski definition) is 5. The summed E-state index contributed by atoms with van der Waals surface area (Å²) in [4.78, 5) is 9.34. The average molecular weight is 367 g/mol. The molecule has 0 saturated carbocycles. The summed E-state index contributed by atoms with van der Waals surface area (Å²) < 4.78 is 2.28. The van der Waals surface area contributed by atoms with Gasteiger partial charge < -0.3 is 15.5 Å². The maximum Gasteiger partial charge on any atom is 0.152 e. The Labute approximate surface area is 160 Å². The lowest BCUT2D eigenvalue weighted by atomic mass is 10.0.